The second kappa shape index (κ2) is 12.3. The molecule has 7 nitrogen and oxygen atoms in total. The van der Waals surface area contributed by atoms with Crippen molar-refractivity contribution in [2.75, 3.05) is 31.5 Å². The van der Waals surface area contributed by atoms with Crippen molar-refractivity contribution in [2.24, 2.45) is 11.8 Å². The lowest BCUT2D eigenvalue weighted by atomic mass is 10.0. The molecule has 0 radical (unpaired) electrons. The van der Waals surface area contributed by atoms with E-state index in [0.29, 0.717) is 18.7 Å². The highest BCUT2D eigenvalue weighted by Gasteiger charge is 2.29. The SMILES string of the molecule is CCN1CCc2c(sc(NC(=O)c3ccc(S(=O)(=O)N(CC(C)C)CC(C)C)cc3)c2-c2nc3ccccc3s2)C1. The third-order valence-corrected chi connectivity index (χ3v) is 11.2. The molecular weight excluding hydrogens is 573 g/mol. The Hall–Kier alpha value is -2.63. The molecule has 0 bridgehead atoms. The van der Waals surface area contributed by atoms with E-state index in [1.807, 2.05) is 45.9 Å². The van der Waals surface area contributed by atoms with E-state index >= 15 is 0 Å². The maximum absolute atomic E-state index is 13.5. The van der Waals surface area contributed by atoms with E-state index in [4.69, 9.17) is 4.98 Å². The van der Waals surface area contributed by atoms with Crippen molar-refractivity contribution in [3.8, 4) is 10.6 Å². The summed E-state index contributed by atoms with van der Waals surface area (Å²) < 4.78 is 29.5. The number of amides is 1. The van der Waals surface area contributed by atoms with Crippen LogP contribution in [0.2, 0.25) is 0 Å². The second-order valence-electron chi connectivity index (χ2n) is 11.4. The molecule has 1 aliphatic rings. The molecule has 0 saturated carbocycles. The zero-order valence-electron chi connectivity index (χ0n) is 24.3. The number of carbonyl (C=O) groups is 1. The number of rotatable bonds is 10. The Morgan fingerprint density at radius 2 is 1.71 bits per heavy atom. The summed E-state index contributed by atoms with van der Waals surface area (Å²) in [6, 6.07) is 14.4. The summed E-state index contributed by atoms with van der Waals surface area (Å²) in [6.07, 6.45) is 0.913. The van der Waals surface area contributed by atoms with Crippen LogP contribution >= 0.6 is 22.7 Å². The molecule has 1 aliphatic heterocycles. The van der Waals surface area contributed by atoms with Crippen molar-refractivity contribution in [1.29, 1.82) is 0 Å². The summed E-state index contributed by atoms with van der Waals surface area (Å²) >= 11 is 3.27. The largest absolute Gasteiger partial charge is 0.313 e. The smallest absolute Gasteiger partial charge is 0.256 e. The van der Waals surface area contributed by atoms with Gasteiger partial charge in [-0.05, 0) is 66.8 Å². The third kappa shape index (κ3) is 6.41. The molecule has 2 aromatic heterocycles. The van der Waals surface area contributed by atoms with E-state index < -0.39 is 10.0 Å². The Kier molecular flexibility index (Phi) is 8.96. The number of thiazole rings is 1. The van der Waals surface area contributed by atoms with E-state index in [1.165, 1.54) is 10.4 Å². The van der Waals surface area contributed by atoms with Gasteiger partial charge in [-0.25, -0.2) is 13.4 Å². The van der Waals surface area contributed by atoms with Crippen LogP contribution in [0.5, 0.6) is 0 Å². The molecule has 5 rings (SSSR count). The summed E-state index contributed by atoms with van der Waals surface area (Å²) in [5.41, 5.74) is 3.66. The van der Waals surface area contributed by atoms with Gasteiger partial charge in [0, 0.05) is 42.2 Å². The number of hydrogen-bond donors (Lipinski definition) is 1. The van der Waals surface area contributed by atoms with Crippen LogP contribution in [0.3, 0.4) is 0 Å². The highest BCUT2D eigenvalue weighted by molar-refractivity contribution is 7.89. The van der Waals surface area contributed by atoms with Gasteiger partial charge in [-0.15, -0.1) is 22.7 Å². The highest BCUT2D eigenvalue weighted by Crippen LogP contribution is 2.45. The van der Waals surface area contributed by atoms with Gasteiger partial charge in [0.25, 0.3) is 5.91 Å². The predicted octanol–water partition coefficient (Wildman–Crippen LogP) is 6.96. The first-order valence-electron chi connectivity index (χ1n) is 14.2. The molecule has 41 heavy (non-hydrogen) atoms. The van der Waals surface area contributed by atoms with Crippen molar-refractivity contribution in [1.82, 2.24) is 14.2 Å². The quantitative estimate of drug-likeness (QED) is 0.210. The van der Waals surface area contributed by atoms with Crippen LogP contribution in [0, 0.1) is 11.8 Å². The van der Waals surface area contributed by atoms with E-state index in [1.54, 1.807) is 51.2 Å². The number of carbonyl (C=O) groups excluding carboxylic acids is 1. The fraction of sp³-hybridized carbons (Fsp3) is 0.419. The summed E-state index contributed by atoms with van der Waals surface area (Å²) in [6.45, 7) is 14.0. The molecule has 3 heterocycles. The number of anilines is 1. The summed E-state index contributed by atoms with van der Waals surface area (Å²) in [5.74, 6) is 0.155. The minimum atomic E-state index is -3.67. The van der Waals surface area contributed by atoms with Gasteiger partial charge in [0.2, 0.25) is 10.0 Å². The molecule has 1 amide bonds. The lowest BCUT2D eigenvalue weighted by Crippen LogP contribution is -2.37. The van der Waals surface area contributed by atoms with Crippen molar-refractivity contribution in [3.05, 3.63) is 64.5 Å². The minimum absolute atomic E-state index is 0.205. The molecule has 2 aromatic carbocycles. The number of benzene rings is 2. The van der Waals surface area contributed by atoms with E-state index in [9.17, 15) is 13.2 Å². The van der Waals surface area contributed by atoms with Gasteiger partial charge < -0.3 is 5.32 Å². The zero-order valence-corrected chi connectivity index (χ0v) is 26.8. The Balaban J connectivity index is 1.44. The molecule has 0 unspecified atom stereocenters. The molecule has 10 heteroatoms. The van der Waals surface area contributed by atoms with Crippen LogP contribution in [-0.2, 0) is 23.0 Å². The number of thiophene rings is 1. The summed E-state index contributed by atoms with van der Waals surface area (Å²) in [5, 5.41) is 4.88. The van der Waals surface area contributed by atoms with Gasteiger partial charge in [0.05, 0.1) is 15.1 Å². The second-order valence-corrected chi connectivity index (χ2v) is 15.5. The van der Waals surface area contributed by atoms with Crippen molar-refractivity contribution < 1.29 is 13.2 Å². The first-order chi connectivity index (χ1) is 19.6. The number of nitrogens with zero attached hydrogens (tertiary/aromatic N) is 3. The first kappa shape index (κ1) is 29.8. The van der Waals surface area contributed by atoms with E-state index in [0.717, 1.165) is 51.8 Å². The van der Waals surface area contributed by atoms with Crippen molar-refractivity contribution in [2.45, 2.75) is 52.5 Å². The van der Waals surface area contributed by atoms with Crippen LogP contribution in [0.15, 0.2) is 53.4 Å². The fourth-order valence-corrected chi connectivity index (χ4v) is 9.37. The van der Waals surface area contributed by atoms with Crippen LogP contribution in [0.25, 0.3) is 20.8 Å². The minimum Gasteiger partial charge on any atom is -0.313 e. The Labute approximate surface area is 251 Å². The summed E-state index contributed by atoms with van der Waals surface area (Å²) in [7, 11) is -3.67. The molecule has 218 valence electrons. The number of fused-ring (bicyclic) bond motifs is 2. The first-order valence-corrected chi connectivity index (χ1v) is 17.3. The maximum atomic E-state index is 13.5. The number of aromatic nitrogens is 1. The highest BCUT2D eigenvalue weighted by atomic mass is 32.2. The average Bonchev–Trinajstić information content (AvgIpc) is 3.52. The van der Waals surface area contributed by atoms with Crippen molar-refractivity contribution in [3.63, 3.8) is 0 Å². The Bertz CT molecular complexity index is 1600. The molecule has 0 aliphatic carbocycles. The van der Waals surface area contributed by atoms with Gasteiger partial charge >= 0.3 is 0 Å². The molecule has 4 aromatic rings. The number of para-hydroxylation sites is 1. The van der Waals surface area contributed by atoms with Crippen LogP contribution in [-0.4, -0.2) is 54.7 Å². The van der Waals surface area contributed by atoms with Gasteiger partial charge in [-0.1, -0.05) is 46.8 Å². The molecule has 1 N–H and O–H groups in total. The number of hydrogen-bond acceptors (Lipinski definition) is 7. The third-order valence-electron chi connectivity index (χ3n) is 7.21. The van der Waals surface area contributed by atoms with Gasteiger partial charge in [0.1, 0.15) is 10.0 Å². The summed E-state index contributed by atoms with van der Waals surface area (Å²) in [4.78, 5) is 22.3. The Morgan fingerprint density at radius 3 is 2.34 bits per heavy atom. The van der Waals surface area contributed by atoms with E-state index in [2.05, 4.69) is 23.2 Å². The van der Waals surface area contributed by atoms with Crippen LogP contribution in [0.4, 0.5) is 5.00 Å². The van der Waals surface area contributed by atoms with Gasteiger partial charge in [-0.2, -0.15) is 4.31 Å². The van der Waals surface area contributed by atoms with Crippen LogP contribution in [0.1, 0.15) is 55.4 Å². The average molecular weight is 611 g/mol. The normalized spacial score (nSPS) is 14.3. The lowest BCUT2D eigenvalue weighted by Gasteiger charge is -2.25. The predicted molar refractivity (Wildman–Crippen MR) is 170 cm³/mol. The number of likely N-dealkylation sites (N-methyl/N-ethyl adjacent to an activating group) is 1. The fourth-order valence-electron chi connectivity index (χ4n) is 5.21. The lowest BCUT2D eigenvalue weighted by molar-refractivity contribution is 0.102. The zero-order chi connectivity index (χ0) is 29.3. The van der Waals surface area contributed by atoms with Crippen molar-refractivity contribution >= 4 is 53.8 Å². The molecule has 0 saturated heterocycles. The molecule has 0 spiro atoms. The maximum Gasteiger partial charge on any atom is 0.256 e. The monoisotopic (exact) mass is 610 g/mol. The van der Waals surface area contributed by atoms with E-state index in [-0.39, 0.29) is 22.6 Å². The Morgan fingerprint density at radius 1 is 1.02 bits per heavy atom. The molecular formula is C31H38N4O3S3. The molecule has 0 fully saturated rings. The van der Waals surface area contributed by atoms with Gasteiger partial charge in [0.15, 0.2) is 0 Å². The number of sulfonamides is 1. The van der Waals surface area contributed by atoms with Crippen LogP contribution < -0.4 is 5.32 Å². The topological polar surface area (TPSA) is 82.6 Å². The number of nitrogens with one attached hydrogen (secondary N) is 1. The van der Waals surface area contributed by atoms with Gasteiger partial charge in [-0.3, -0.25) is 9.69 Å². The molecule has 0 atom stereocenters. The standard InChI is InChI=1S/C31H38N4O3S3/c1-6-34-16-15-24-27(19-34)40-31(28(24)30-32-25-9-7-8-10-26(25)39-30)33-29(36)22-11-13-23(14-12-22)41(37,38)35(17-20(2)3)18-21(4)5/h7-14,20-21H,6,15-19H2,1-5H3,(H,33,36).